The molecule has 1 aromatic heterocycles. The Morgan fingerprint density at radius 3 is 2.69 bits per heavy atom. The van der Waals surface area contributed by atoms with E-state index in [4.69, 9.17) is 0 Å². The molecule has 0 saturated heterocycles. The van der Waals surface area contributed by atoms with Crippen molar-refractivity contribution in [3.05, 3.63) is 18.2 Å². The minimum atomic E-state index is 0.398. The molecule has 1 aromatic rings. The zero-order valence-corrected chi connectivity index (χ0v) is 11.0. The number of aromatic nitrogens is 2. The van der Waals surface area contributed by atoms with Crippen molar-refractivity contribution in [1.29, 1.82) is 0 Å². The van der Waals surface area contributed by atoms with E-state index < -0.39 is 0 Å². The Morgan fingerprint density at radius 1 is 1.44 bits per heavy atom. The molecule has 2 unspecified atom stereocenters. The molecule has 1 rings (SSSR count). The number of nitrogens with zero attached hydrogens (tertiary/aromatic N) is 2. The average molecular weight is 223 g/mol. The van der Waals surface area contributed by atoms with Gasteiger partial charge in [-0.25, -0.2) is 4.98 Å². The van der Waals surface area contributed by atoms with Crippen LogP contribution < -0.4 is 5.32 Å². The maximum absolute atomic E-state index is 4.46. The zero-order valence-electron chi connectivity index (χ0n) is 11.0. The summed E-state index contributed by atoms with van der Waals surface area (Å²) >= 11 is 0. The molecule has 0 aliphatic rings. The summed E-state index contributed by atoms with van der Waals surface area (Å²) in [5.74, 6) is 1.90. The van der Waals surface area contributed by atoms with E-state index >= 15 is 0 Å². The topological polar surface area (TPSA) is 29.9 Å². The molecule has 1 N–H and O–H groups in total. The largest absolute Gasteiger partial charge is 0.337 e. The molecular formula is C13H25N3. The van der Waals surface area contributed by atoms with Gasteiger partial charge in [0.15, 0.2) is 0 Å². The van der Waals surface area contributed by atoms with Gasteiger partial charge in [0.05, 0.1) is 6.04 Å². The third-order valence-corrected chi connectivity index (χ3v) is 3.15. The number of nitrogens with one attached hydrogen (secondary N) is 1. The molecule has 92 valence electrons. The van der Waals surface area contributed by atoms with Crippen LogP contribution in [0.2, 0.25) is 0 Å². The van der Waals surface area contributed by atoms with Crippen LogP contribution in [0.1, 0.15) is 51.9 Å². The highest BCUT2D eigenvalue weighted by molar-refractivity contribution is 4.99. The third kappa shape index (κ3) is 3.63. The molecule has 0 amide bonds. The van der Waals surface area contributed by atoms with Crippen LogP contribution in [-0.2, 0) is 7.05 Å². The monoisotopic (exact) mass is 223 g/mol. The van der Waals surface area contributed by atoms with Gasteiger partial charge in [-0.2, -0.15) is 0 Å². The maximum atomic E-state index is 4.46. The summed E-state index contributed by atoms with van der Waals surface area (Å²) < 4.78 is 2.12. The first-order chi connectivity index (χ1) is 7.69. The van der Waals surface area contributed by atoms with Gasteiger partial charge >= 0.3 is 0 Å². The minimum absolute atomic E-state index is 0.398. The van der Waals surface area contributed by atoms with Crippen LogP contribution in [0.4, 0.5) is 0 Å². The van der Waals surface area contributed by atoms with Crippen LogP contribution in [-0.4, -0.2) is 16.1 Å². The van der Waals surface area contributed by atoms with Crippen molar-refractivity contribution >= 4 is 0 Å². The molecule has 0 fully saturated rings. The Morgan fingerprint density at radius 2 is 2.19 bits per heavy atom. The van der Waals surface area contributed by atoms with Gasteiger partial charge in [0, 0.05) is 19.4 Å². The molecule has 0 aliphatic carbocycles. The second-order valence-corrected chi connectivity index (χ2v) is 4.65. The molecule has 0 aromatic carbocycles. The highest BCUT2D eigenvalue weighted by Gasteiger charge is 2.17. The highest BCUT2D eigenvalue weighted by Crippen LogP contribution is 2.21. The Kier molecular flexibility index (Phi) is 5.53. The number of rotatable bonds is 7. The molecule has 0 aliphatic heterocycles. The molecule has 0 saturated carbocycles. The summed E-state index contributed by atoms with van der Waals surface area (Å²) in [4.78, 5) is 4.46. The van der Waals surface area contributed by atoms with Crippen LogP contribution >= 0.6 is 0 Å². The van der Waals surface area contributed by atoms with Crippen LogP contribution in [0.5, 0.6) is 0 Å². The number of hydrogen-bond acceptors (Lipinski definition) is 2. The van der Waals surface area contributed by atoms with Crippen LogP contribution in [0, 0.1) is 5.92 Å². The molecule has 2 atom stereocenters. The van der Waals surface area contributed by atoms with Gasteiger partial charge in [-0.1, -0.05) is 27.2 Å². The molecule has 1 heterocycles. The summed E-state index contributed by atoms with van der Waals surface area (Å²) in [6.07, 6.45) is 7.47. The third-order valence-electron chi connectivity index (χ3n) is 3.15. The molecule has 3 nitrogen and oxygen atoms in total. The van der Waals surface area contributed by atoms with Crippen LogP contribution in [0.3, 0.4) is 0 Å². The molecule has 0 bridgehead atoms. The molecule has 16 heavy (non-hydrogen) atoms. The van der Waals surface area contributed by atoms with E-state index in [2.05, 4.69) is 42.7 Å². The number of hydrogen-bond donors (Lipinski definition) is 1. The van der Waals surface area contributed by atoms with Gasteiger partial charge in [0.25, 0.3) is 0 Å². The number of imidazole rings is 1. The standard InChI is InChI=1S/C13H25N3/c1-5-7-14-12(10-11(3)6-2)13-15-8-9-16(13)4/h8-9,11-12,14H,5-7,10H2,1-4H3. The van der Waals surface area contributed by atoms with Crippen molar-refractivity contribution in [2.45, 2.75) is 46.1 Å². The van der Waals surface area contributed by atoms with E-state index in [1.807, 2.05) is 12.4 Å². The van der Waals surface area contributed by atoms with Crippen LogP contribution in [0.15, 0.2) is 12.4 Å². The second-order valence-electron chi connectivity index (χ2n) is 4.65. The quantitative estimate of drug-likeness (QED) is 0.770. The van der Waals surface area contributed by atoms with Crippen molar-refractivity contribution in [3.63, 3.8) is 0 Å². The van der Waals surface area contributed by atoms with Crippen LogP contribution in [0.25, 0.3) is 0 Å². The highest BCUT2D eigenvalue weighted by atomic mass is 15.1. The van der Waals surface area contributed by atoms with Gasteiger partial charge < -0.3 is 9.88 Å². The fourth-order valence-corrected chi connectivity index (χ4v) is 1.88. The Hall–Kier alpha value is -0.830. The second kappa shape index (κ2) is 6.69. The van der Waals surface area contributed by atoms with Gasteiger partial charge in [-0.05, 0) is 25.3 Å². The van der Waals surface area contributed by atoms with E-state index in [0.717, 1.165) is 18.3 Å². The van der Waals surface area contributed by atoms with E-state index in [-0.39, 0.29) is 0 Å². The Balaban J connectivity index is 2.67. The predicted octanol–water partition coefficient (Wildman–Crippen LogP) is 2.90. The summed E-state index contributed by atoms with van der Waals surface area (Å²) in [5.41, 5.74) is 0. The number of aryl methyl sites for hydroxylation is 1. The van der Waals surface area contributed by atoms with E-state index in [9.17, 15) is 0 Å². The lowest BCUT2D eigenvalue weighted by atomic mass is 9.98. The summed E-state index contributed by atoms with van der Waals surface area (Å²) in [6, 6.07) is 0.398. The Bertz CT molecular complexity index is 293. The summed E-state index contributed by atoms with van der Waals surface area (Å²) in [7, 11) is 2.07. The lowest BCUT2D eigenvalue weighted by Crippen LogP contribution is -2.26. The molecule has 0 radical (unpaired) electrons. The van der Waals surface area contributed by atoms with Gasteiger partial charge in [0.1, 0.15) is 5.82 Å². The van der Waals surface area contributed by atoms with Crippen molar-refractivity contribution in [2.24, 2.45) is 13.0 Å². The molecular weight excluding hydrogens is 198 g/mol. The summed E-state index contributed by atoms with van der Waals surface area (Å²) in [6.45, 7) is 7.82. The normalized spacial score (nSPS) is 15.0. The maximum Gasteiger partial charge on any atom is 0.125 e. The average Bonchev–Trinajstić information content (AvgIpc) is 2.70. The fraction of sp³-hybridized carbons (Fsp3) is 0.769. The lowest BCUT2D eigenvalue weighted by Gasteiger charge is -2.21. The van der Waals surface area contributed by atoms with E-state index in [1.165, 1.54) is 19.3 Å². The molecule has 3 heteroatoms. The smallest absolute Gasteiger partial charge is 0.125 e. The van der Waals surface area contributed by atoms with E-state index in [1.54, 1.807) is 0 Å². The molecule has 0 spiro atoms. The van der Waals surface area contributed by atoms with Crippen molar-refractivity contribution in [2.75, 3.05) is 6.54 Å². The lowest BCUT2D eigenvalue weighted by molar-refractivity contribution is 0.383. The van der Waals surface area contributed by atoms with Crippen molar-refractivity contribution in [3.8, 4) is 0 Å². The fourth-order valence-electron chi connectivity index (χ4n) is 1.88. The zero-order chi connectivity index (χ0) is 12.0. The van der Waals surface area contributed by atoms with Gasteiger partial charge in [0.2, 0.25) is 0 Å². The van der Waals surface area contributed by atoms with Gasteiger partial charge in [-0.15, -0.1) is 0 Å². The first-order valence-corrected chi connectivity index (χ1v) is 6.39. The SMILES string of the molecule is CCCNC(CC(C)CC)c1nccn1C. The Labute approximate surface area is 99.3 Å². The van der Waals surface area contributed by atoms with E-state index in [0.29, 0.717) is 6.04 Å². The van der Waals surface area contributed by atoms with Gasteiger partial charge in [-0.3, -0.25) is 0 Å². The minimum Gasteiger partial charge on any atom is -0.337 e. The summed E-state index contributed by atoms with van der Waals surface area (Å²) in [5, 5.41) is 3.59. The van der Waals surface area contributed by atoms with Crippen molar-refractivity contribution in [1.82, 2.24) is 14.9 Å². The van der Waals surface area contributed by atoms with Crippen molar-refractivity contribution < 1.29 is 0 Å². The predicted molar refractivity (Wildman–Crippen MR) is 68.3 cm³/mol. The first kappa shape index (κ1) is 13.2. The first-order valence-electron chi connectivity index (χ1n) is 6.39.